The van der Waals surface area contributed by atoms with Crippen molar-refractivity contribution in [3.05, 3.63) is 47.0 Å². The predicted octanol–water partition coefficient (Wildman–Crippen LogP) is 2.02. The first-order valence-electron chi connectivity index (χ1n) is 8.55. The van der Waals surface area contributed by atoms with Crippen molar-refractivity contribution in [2.45, 2.75) is 25.4 Å². The summed E-state index contributed by atoms with van der Waals surface area (Å²) in [6.45, 7) is 0.0135. The van der Waals surface area contributed by atoms with Crippen molar-refractivity contribution >= 4 is 17.1 Å². The second-order valence-electron chi connectivity index (χ2n) is 6.57. The number of likely N-dealkylation sites (N-methyl/N-ethyl adjacent to an activating group) is 1. The first-order chi connectivity index (χ1) is 12.6. The number of carbonyl (C=O) groups is 1. The number of rotatable bonds is 5. The number of hydrogen-bond acceptors (Lipinski definition) is 4. The predicted molar refractivity (Wildman–Crippen MR) is 98.1 cm³/mol. The summed E-state index contributed by atoms with van der Waals surface area (Å²) in [5.41, 5.74) is 2.62. The number of methoxy groups -OCH3 is 1. The van der Waals surface area contributed by atoms with Crippen molar-refractivity contribution in [2.24, 2.45) is 0 Å². The number of H-pyrrole nitrogens is 1. The van der Waals surface area contributed by atoms with Crippen molar-refractivity contribution < 1.29 is 9.53 Å². The van der Waals surface area contributed by atoms with Crippen LogP contribution in [0.3, 0.4) is 0 Å². The minimum absolute atomic E-state index is 0.0135. The van der Waals surface area contributed by atoms with Gasteiger partial charge >= 0.3 is 5.69 Å². The third-order valence-corrected chi connectivity index (χ3v) is 4.83. The number of benzene rings is 1. The Labute approximate surface area is 150 Å². The van der Waals surface area contributed by atoms with Gasteiger partial charge < -0.3 is 9.64 Å². The maximum Gasteiger partial charge on any atom is 0.328 e. The van der Waals surface area contributed by atoms with Crippen LogP contribution in [-0.2, 0) is 11.3 Å². The minimum Gasteiger partial charge on any atom is -0.497 e. The normalized spacial score (nSPS) is 13.8. The molecular formula is C19H20N4O3. The van der Waals surface area contributed by atoms with Gasteiger partial charge in [-0.25, -0.2) is 9.78 Å². The summed E-state index contributed by atoms with van der Waals surface area (Å²) in [5.74, 6) is 0.709. The molecule has 7 nitrogen and oxygen atoms in total. The standard InChI is InChI=1S/C19H20N4O3/c1-22(14-5-6-14)17(24)11-23-16-9-13(10-20-18(16)21-19(23)25)12-3-7-15(26-2)8-4-12/h3-4,7-10,14H,5-6,11H2,1-2H3,(H,20,21,25). The number of nitrogens with zero attached hydrogens (tertiary/aromatic N) is 3. The molecular weight excluding hydrogens is 332 g/mol. The molecule has 4 rings (SSSR count). The molecule has 0 bridgehead atoms. The van der Waals surface area contributed by atoms with E-state index in [1.54, 1.807) is 25.3 Å². The van der Waals surface area contributed by atoms with Crippen molar-refractivity contribution in [1.82, 2.24) is 19.4 Å². The fourth-order valence-electron chi connectivity index (χ4n) is 3.04. The summed E-state index contributed by atoms with van der Waals surface area (Å²) in [7, 11) is 3.41. The lowest BCUT2D eigenvalue weighted by atomic mass is 10.1. The van der Waals surface area contributed by atoms with Crippen LogP contribution in [0.25, 0.3) is 22.3 Å². The number of pyridine rings is 1. The second kappa shape index (κ2) is 6.33. The van der Waals surface area contributed by atoms with E-state index >= 15 is 0 Å². The summed E-state index contributed by atoms with van der Waals surface area (Å²) in [5, 5.41) is 0. The Morgan fingerprint density at radius 3 is 2.69 bits per heavy atom. The number of amides is 1. The van der Waals surface area contributed by atoms with Gasteiger partial charge in [0.1, 0.15) is 12.3 Å². The second-order valence-corrected chi connectivity index (χ2v) is 6.57. The maximum absolute atomic E-state index is 12.4. The van der Waals surface area contributed by atoms with Crippen LogP contribution in [0.4, 0.5) is 0 Å². The molecule has 1 fully saturated rings. The summed E-state index contributed by atoms with van der Waals surface area (Å²) < 4.78 is 6.63. The zero-order valence-electron chi connectivity index (χ0n) is 14.7. The molecule has 0 atom stereocenters. The Balaban J connectivity index is 1.69. The number of aromatic amines is 1. The molecule has 0 aliphatic heterocycles. The zero-order valence-corrected chi connectivity index (χ0v) is 14.7. The quantitative estimate of drug-likeness (QED) is 0.762. The van der Waals surface area contributed by atoms with E-state index in [-0.39, 0.29) is 18.1 Å². The Hall–Kier alpha value is -3.09. The third-order valence-electron chi connectivity index (χ3n) is 4.83. The average Bonchev–Trinajstić information content (AvgIpc) is 3.46. The molecule has 1 aliphatic carbocycles. The Kier molecular flexibility index (Phi) is 3.99. The summed E-state index contributed by atoms with van der Waals surface area (Å²) in [6.07, 6.45) is 3.78. The van der Waals surface area contributed by atoms with Crippen LogP contribution in [0.1, 0.15) is 12.8 Å². The van der Waals surface area contributed by atoms with E-state index in [9.17, 15) is 9.59 Å². The molecule has 2 heterocycles. The van der Waals surface area contributed by atoms with E-state index < -0.39 is 0 Å². The van der Waals surface area contributed by atoms with Crippen molar-refractivity contribution in [3.63, 3.8) is 0 Å². The van der Waals surface area contributed by atoms with Gasteiger partial charge in [-0.1, -0.05) is 12.1 Å². The molecule has 1 amide bonds. The fraction of sp³-hybridized carbons (Fsp3) is 0.316. The highest BCUT2D eigenvalue weighted by Crippen LogP contribution is 2.26. The highest BCUT2D eigenvalue weighted by Gasteiger charge is 2.30. The minimum atomic E-state index is -0.322. The van der Waals surface area contributed by atoms with Crippen LogP contribution in [-0.4, -0.2) is 45.5 Å². The number of hydrogen-bond donors (Lipinski definition) is 1. The highest BCUT2D eigenvalue weighted by atomic mass is 16.5. The number of nitrogens with one attached hydrogen (secondary N) is 1. The molecule has 2 aromatic heterocycles. The molecule has 1 aliphatic rings. The number of carbonyl (C=O) groups excluding carboxylic acids is 1. The number of imidazole rings is 1. The first-order valence-corrected chi connectivity index (χ1v) is 8.55. The molecule has 3 aromatic rings. The van der Waals surface area contributed by atoms with Crippen LogP contribution in [0.2, 0.25) is 0 Å². The van der Waals surface area contributed by atoms with Gasteiger partial charge in [0.2, 0.25) is 5.91 Å². The van der Waals surface area contributed by atoms with E-state index in [1.807, 2.05) is 30.3 Å². The Bertz CT molecular complexity index is 1020. The number of fused-ring (bicyclic) bond motifs is 1. The lowest BCUT2D eigenvalue weighted by Crippen LogP contribution is -2.34. The van der Waals surface area contributed by atoms with Gasteiger partial charge in [-0.3, -0.25) is 14.3 Å². The first kappa shape index (κ1) is 16.4. The number of aromatic nitrogens is 3. The largest absolute Gasteiger partial charge is 0.497 e. The smallest absolute Gasteiger partial charge is 0.328 e. The van der Waals surface area contributed by atoms with Crippen LogP contribution in [0.15, 0.2) is 41.3 Å². The van der Waals surface area contributed by atoms with Gasteiger partial charge in [-0.2, -0.15) is 0 Å². The Morgan fingerprint density at radius 2 is 2.04 bits per heavy atom. The summed E-state index contributed by atoms with van der Waals surface area (Å²) in [4.78, 5) is 33.5. The van der Waals surface area contributed by atoms with E-state index in [4.69, 9.17) is 4.74 Å². The lowest BCUT2D eigenvalue weighted by Gasteiger charge is -2.16. The van der Waals surface area contributed by atoms with Gasteiger partial charge in [-0.15, -0.1) is 0 Å². The third kappa shape index (κ3) is 2.96. The molecule has 7 heteroatoms. The van der Waals surface area contributed by atoms with Crippen molar-refractivity contribution in [1.29, 1.82) is 0 Å². The van der Waals surface area contributed by atoms with Crippen molar-refractivity contribution in [3.8, 4) is 16.9 Å². The molecule has 1 saturated carbocycles. The fourth-order valence-corrected chi connectivity index (χ4v) is 3.04. The number of ether oxygens (including phenoxy) is 1. The van der Waals surface area contributed by atoms with Crippen LogP contribution < -0.4 is 10.4 Å². The van der Waals surface area contributed by atoms with E-state index in [0.717, 1.165) is 29.7 Å². The van der Waals surface area contributed by atoms with Crippen LogP contribution in [0, 0.1) is 0 Å². The van der Waals surface area contributed by atoms with E-state index in [1.165, 1.54) is 4.57 Å². The monoisotopic (exact) mass is 352 g/mol. The van der Waals surface area contributed by atoms with Gasteiger partial charge in [0, 0.05) is 24.8 Å². The van der Waals surface area contributed by atoms with Crippen molar-refractivity contribution in [2.75, 3.05) is 14.2 Å². The molecule has 1 aromatic carbocycles. The molecule has 0 unspecified atom stereocenters. The van der Waals surface area contributed by atoms with E-state index in [0.29, 0.717) is 17.2 Å². The summed E-state index contributed by atoms with van der Waals surface area (Å²) >= 11 is 0. The lowest BCUT2D eigenvalue weighted by molar-refractivity contribution is -0.131. The molecule has 0 spiro atoms. The van der Waals surface area contributed by atoms with Crippen LogP contribution >= 0.6 is 0 Å². The molecule has 1 N–H and O–H groups in total. The molecule has 0 radical (unpaired) electrons. The topological polar surface area (TPSA) is 80.2 Å². The zero-order chi connectivity index (χ0) is 18.3. The molecule has 26 heavy (non-hydrogen) atoms. The van der Waals surface area contributed by atoms with Crippen LogP contribution in [0.5, 0.6) is 5.75 Å². The highest BCUT2D eigenvalue weighted by molar-refractivity contribution is 5.82. The van der Waals surface area contributed by atoms with Gasteiger partial charge in [0.15, 0.2) is 5.65 Å². The molecule has 0 saturated heterocycles. The van der Waals surface area contributed by atoms with Gasteiger partial charge in [-0.05, 0) is 36.6 Å². The van der Waals surface area contributed by atoms with Gasteiger partial charge in [0.25, 0.3) is 0 Å². The SMILES string of the molecule is COc1ccc(-c2cnc3[nH]c(=O)n(CC(=O)N(C)C4CC4)c3c2)cc1. The maximum atomic E-state index is 12.4. The molecule has 134 valence electrons. The Morgan fingerprint density at radius 1 is 1.31 bits per heavy atom. The van der Waals surface area contributed by atoms with E-state index in [2.05, 4.69) is 9.97 Å². The average molecular weight is 352 g/mol. The summed E-state index contributed by atoms with van der Waals surface area (Å²) in [6, 6.07) is 9.81. The van der Waals surface area contributed by atoms with Gasteiger partial charge in [0.05, 0.1) is 12.6 Å².